The third-order valence-electron chi connectivity index (χ3n) is 7.81. The number of benzene rings is 2. The van der Waals surface area contributed by atoms with Crippen LogP contribution in [-0.2, 0) is 20.7 Å². The summed E-state index contributed by atoms with van der Waals surface area (Å²) < 4.78 is 17.0. The minimum absolute atomic E-state index is 0.0173. The lowest BCUT2D eigenvalue weighted by Crippen LogP contribution is -2.53. The Bertz CT molecular complexity index is 1380. The second-order valence-corrected chi connectivity index (χ2v) is 10.2. The molecule has 1 heterocycles. The zero-order chi connectivity index (χ0) is 28.4. The largest absolute Gasteiger partial charge is 0.507 e. The Balaban J connectivity index is 1.69. The minimum atomic E-state index is -2.24. The van der Waals surface area contributed by atoms with Crippen molar-refractivity contribution in [2.45, 2.75) is 62.4 Å². The lowest BCUT2D eigenvalue weighted by molar-refractivity contribution is -0.247. The number of rotatable bonds is 5. The number of methoxy groups -OCH3 is 1. The molecule has 0 radical (unpaired) electrons. The van der Waals surface area contributed by atoms with Crippen LogP contribution in [0, 0.1) is 0 Å². The van der Waals surface area contributed by atoms with Gasteiger partial charge in [0.2, 0.25) is 5.78 Å². The monoisotopic (exact) mass is 543 g/mol. The fraction of sp³-hybridized carbons (Fsp3) is 0.444. The third kappa shape index (κ3) is 4.11. The Kier molecular flexibility index (Phi) is 6.74. The lowest BCUT2D eigenvalue weighted by Gasteiger charge is -2.42. The summed E-state index contributed by atoms with van der Waals surface area (Å²) in [6.45, 7) is 0.560. The van der Waals surface area contributed by atoms with E-state index in [1.165, 1.54) is 25.3 Å². The topological polar surface area (TPSA) is 206 Å². The van der Waals surface area contributed by atoms with Gasteiger partial charge in [-0.2, -0.15) is 0 Å². The third-order valence-corrected chi connectivity index (χ3v) is 7.81. The second kappa shape index (κ2) is 9.66. The van der Waals surface area contributed by atoms with E-state index in [0.717, 1.165) is 0 Å². The van der Waals surface area contributed by atoms with Crippen LogP contribution in [-0.4, -0.2) is 86.7 Å². The number of nitrogens with two attached hydrogens (primary N) is 1. The standard InChI is InChI=1S/C27H29NO11/c1-10-22(31)13(28)6-17(38-10)39-15-8-27(36,16(30)9-29)7-12-19(15)26(35)21-20(24(12)33)23(32)11-4-3-5-14(37-2)18(11)25(21)34/h3-5,10,13,15,17,22,29,31,33,35-36H,6-9,28H2,1-2H3/t10?,13?,15-,17?,22?,27?/m1/s1. The summed E-state index contributed by atoms with van der Waals surface area (Å²) in [6, 6.07) is 3.64. The molecule has 1 aliphatic heterocycles. The maximum absolute atomic E-state index is 13.6. The number of ether oxygens (including phenoxy) is 3. The number of aliphatic hydroxyl groups is 3. The molecule has 6 atom stereocenters. The van der Waals surface area contributed by atoms with Crippen molar-refractivity contribution in [2.75, 3.05) is 13.7 Å². The Hall–Kier alpha value is -3.39. The molecule has 5 unspecified atom stereocenters. The highest BCUT2D eigenvalue weighted by Crippen LogP contribution is 2.52. The molecule has 0 bridgehead atoms. The smallest absolute Gasteiger partial charge is 0.202 e. The second-order valence-electron chi connectivity index (χ2n) is 10.2. The van der Waals surface area contributed by atoms with Crippen LogP contribution in [0.3, 0.4) is 0 Å². The molecule has 5 rings (SSSR count). The van der Waals surface area contributed by atoms with Gasteiger partial charge in [0.25, 0.3) is 0 Å². The highest BCUT2D eigenvalue weighted by Gasteiger charge is 2.50. The predicted molar refractivity (Wildman–Crippen MR) is 132 cm³/mol. The molecule has 0 spiro atoms. The van der Waals surface area contributed by atoms with Gasteiger partial charge in [0.1, 0.15) is 29.5 Å². The number of phenols is 2. The summed E-state index contributed by atoms with van der Waals surface area (Å²) in [6.07, 6.45) is -5.12. The van der Waals surface area contributed by atoms with Gasteiger partial charge in [-0.05, 0) is 13.0 Å². The average molecular weight is 544 g/mol. The summed E-state index contributed by atoms with van der Waals surface area (Å²) in [5, 5.41) is 53.7. The molecular formula is C27H29NO11. The van der Waals surface area contributed by atoms with Crippen molar-refractivity contribution in [1.82, 2.24) is 0 Å². The van der Waals surface area contributed by atoms with Gasteiger partial charge >= 0.3 is 0 Å². The molecule has 3 aliphatic rings. The van der Waals surface area contributed by atoms with E-state index in [4.69, 9.17) is 19.9 Å². The number of carbonyl (C=O) groups excluding carboxylic acids is 3. The number of fused-ring (bicyclic) bond motifs is 3. The summed E-state index contributed by atoms with van der Waals surface area (Å²) >= 11 is 0. The highest BCUT2D eigenvalue weighted by atomic mass is 16.7. The van der Waals surface area contributed by atoms with E-state index in [9.17, 15) is 39.9 Å². The van der Waals surface area contributed by atoms with Gasteiger partial charge in [-0.15, -0.1) is 0 Å². The van der Waals surface area contributed by atoms with Crippen LogP contribution in [0.15, 0.2) is 18.2 Å². The molecule has 208 valence electrons. The van der Waals surface area contributed by atoms with Crippen LogP contribution in [0.5, 0.6) is 17.2 Å². The zero-order valence-electron chi connectivity index (χ0n) is 21.2. The van der Waals surface area contributed by atoms with Gasteiger partial charge in [-0.25, -0.2) is 0 Å². The minimum Gasteiger partial charge on any atom is -0.507 e. The molecule has 7 N–H and O–H groups in total. The molecule has 12 heteroatoms. The molecule has 0 saturated carbocycles. The highest BCUT2D eigenvalue weighted by molar-refractivity contribution is 6.31. The molecule has 39 heavy (non-hydrogen) atoms. The SMILES string of the molecule is COc1cccc2c1C(=O)c1c(O)c3c(c(O)c1C2=O)CC(O)(C(=O)CO)C[C@H]3OC1CC(N)C(O)C(C)O1. The van der Waals surface area contributed by atoms with E-state index in [2.05, 4.69) is 0 Å². The van der Waals surface area contributed by atoms with Crippen molar-refractivity contribution < 1.29 is 54.1 Å². The number of phenolic OH excluding ortho intramolecular Hbond substituents is 2. The molecule has 12 nitrogen and oxygen atoms in total. The predicted octanol–water partition coefficient (Wildman–Crippen LogP) is 0.00130. The molecule has 1 fully saturated rings. The quantitative estimate of drug-likeness (QED) is 0.235. The number of Topliss-reactive ketones (excluding diaryl/α,β-unsaturated/α-hetero) is 1. The van der Waals surface area contributed by atoms with E-state index in [1.807, 2.05) is 0 Å². The number of ketones is 3. The fourth-order valence-electron chi connectivity index (χ4n) is 5.75. The van der Waals surface area contributed by atoms with Crippen LogP contribution in [0.25, 0.3) is 0 Å². The summed E-state index contributed by atoms with van der Waals surface area (Å²) in [7, 11) is 1.32. The molecule has 2 aromatic carbocycles. The van der Waals surface area contributed by atoms with Crippen LogP contribution >= 0.6 is 0 Å². The first-order valence-corrected chi connectivity index (χ1v) is 12.4. The van der Waals surface area contributed by atoms with Gasteiger partial charge in [-0.3, -0.25) is 14.4 Å². The fourth-order valence-corrected chi connectivity index (χ4v) is 5.75. The first kappa shape index (κ1) is 27.2. The van der Waals surface area contributed by atoms with Crippen LogP contribution in [0.4, 0.5) is 0 Å². The first-order chi connectivity index (χ1) is 18.4. The Morgan fingerprint density at radius 1 is 1.15 bits per heavy atom. The van der Waals surface area contributed by atoms with Gasteiger partial charge in [0.15, 0.2) is 17.9 Å². The van der Waals surface area contributed by atoms with Gasteiger partial charge < -0.3 is 45.5 Å². The van der Waals surface area contributed by atoms with Crippen molar-refractivity contribution in [3.05, 3.63) is 51.6 Å². The van der Waals surface area contributed by atoms with Crippen molar-refractivity contribution in [3.63, 3.8) is 0 Å². The molecule has 2 aliphatic carbocycles. The summed E-state index contributed by atoms with van der Waals surface area (Å²) in [4.78, 5) is 39.7. The van der Waals surface area contributed by atoms with Crippen LogP contribution in [0.2, 0.25) is 0 Å². The van der Waals surface area contributed by atoms with Crippen LogP contribution in [0.1, 0.15) is 68.8 Å². The van der Waals surface area contributed by atoms with E-state index < -0.39 is 95.7 Å². The maximum Gasteiger partial charge on any atom is 0.202 e. The molecule has 0 amide bonds. The number of hydrogen-bond acceptors (Lipinski definition) is 12. The number of aromatic hydroxyl groups is 2. The van der Waals surface area contributed by atoms with Gasteiger partial charge in [0.05, 0.1) is 42.1 Å². The van der Waals surface area contributed by atoms with E-state index >= 15 is 0 Å². The zero-order valence-corrected chi connectivity index (χ0v) is 21.2. The molecule has 2 aromatic rings. The molecule has 0 aromatic heterocycles. The van der Waals surface area contributed by atoms with E-state index in [-0.39, 0.29) is 34.4 Å². The number of aliphatic hydroxyl groups excluding tert-OH is 2. The van der Waals surface area contributed by atoms with E-state index in [0.29, 0.717) is 0 Å². The Labute approximate surface area is 222 Å². The van der Waals surface area contributed by atoms with Crippen molar-refractivity contribution >= 4 is 17.3 Å². The Morgan fingerprint density at radius 2 is 1.85 bits per heavy atom. The normalized spacial score (nSPS) is 29.8. The lowest BCUT2D eigenvalue weighted by atomic mass is 9.72. The molecular weight excluding hydrogens is 514 g/mol. The van der Waals surface area contributed by atoms with Crippen molar-refractivity contribution in [1.29, 1.82) is 0 Å². The summed E-state index contributed by atoms with van der Waals surface area (Å²) in [5.74, 6) is -3.77. The first-order valence-electron chi connectivity index (χ1n) is 12.4. The van der Waals surface area contributed by atoms with Crippen molar-refractivity contribution in [2.24, 2.45) is 5.73 Å². The van der Waals surface area contributed by atoms with Gasteiger partial charge in [-0.1, -0.05) is 12.1 Å². The summed E-state index contributed by atoms with van der Waals surface area (Å²) in [5.41, 5.74) is 2.37. The Morgan fingerprint density at radius 3 is 2.49 bits per heavy atom. The van der Waals surface area contributed by atoms with Gasteiger partial charge in [0, 0.05) is 42.0 Å². The average Bonchev–Trinajstić information content (AvgIpc) is 2.90. The van der Waals surface area contributed by atoms with Crippen molar-refractivity contribution in [3.8, 4) is 17.2 Å². The number of hydrogen-bond donors (Lipinski definition) is 6. The molecule has 1 saturated heterocycles. The number of carbonyl (C=O) groups is 3. The van der Waals surface area contributed by atoms with Crippen LogP contribution < -0.4 is 10.5 Å². The van der Waals surface area contributed by atoms with E-state index in [1.54, 1.807) is 6.92 Å². The maximum atomic E-state index is 13.6.